The summed E-state index contributed by atoms with van der Waals surface area (Å²) in [6.07, 6.45) is 0. The summed E-state index contributed by atoms with van der Waals surface area (Å²) in [5.41, 5.74) is 2.25. The molecule has 1 amide bonds. The fraction of sp³-hybridized carbons (Fsp3) is 0.300. The molecule has 3 aromatic rings. The summed E-state index contributed by atoms with van der Waals surface area (Å²) in [4.78, 5) is 20.3. The van der Waals surface area contributed by atoms with Gasteiger partial charge in [0, 0.05) is 12.6 Å². The van der Waals surface area contributed by atoms with Crippen LogP contribution in [0.1, 0.15) is 23.5 Å². The molecule has 130 valence electrons. The van der Waals surface area contributed by atoms with E-state index in [0.717, 1.165) is 21.8 Å². The molecule has 1 unspecified atom stereocenters. The van der Waals surface area contributed by atoms with Crippen LogP contribution in [0.3, 0.4) is 0 Å². The zero-order valence-corrected chi connectivity index (χ0v) is 15.7. The van der Waals surface area contributed by atoms with E-state index in [4.69, 9.17) is 0 Å². The van der Waals surface area contributed by atoms with E-state index in [0.29, 0.717) is 6.54 Å². The molecule has 0 radical (unpaired) electrons. The molecule has 0 spiro atoms. The molecule has 0 aliphatic heterocycles. The zero-order valence-electron chi connectivity index (χ0n) is 14.9. The van der Waals surface area contributed by atoms with E-state index in [1.807, 2.05) is 55.3 Å². The Labute approximate surface area is 152 Å². The second-order valence-electron chi connectivity index (χ2n) is 6.50. The standard InChI is InChI=1S/C20H23N3OS/c1-15(20-21-17-11-7-8-12-18(17)25-20)23(3)19(24)14-22(2)13-16-9-5-4-6-10-16/h4-12,15H,13-14H2,1-3H3/p+1/t15-/m0/s1. The number of quaternary nitrogens is 1. The molecule has 1 heterocycles. The van der Waals surface area contributed by atoms with Gasteiger partial charge < -0.3 is 9.80 Å². The molecular formula is C20H24N3OS+. The maximum Gasteiger partial charge on any atom is 0.278 e. The highest BCUT2D eigenvalue weighted by Gasteiger charge is 2.23. The number of carbonyl (C=O) groups is 1. The predicted molar refractivity (Wildman–Crippen MR) is 103 cm³/mol. The summed E-state index contributed by atoms with van der Waals surface area (Å²) in [5.74, 6) is 0.139. The van der Waals surface area contributed by atoms with Crippen molar-refractivity contribution in [3.63, 3.8) is 0 Å². The third-order valence-electron chi connectivity index (χ3n) is 4.44. The van der Waals surface area contributed by atoms with Crippen LogP contribution in [0.2, 0.25) is 0 Å². The average Bonchev–Trinajstić information content (AvgIpc) is 3.05. The van der Waals surface area contributed by atoms with Crippen LogP contribution in [-0.2, 0) is 11.3 Å². The lowest BCUT2D eigenvalue weighted by Gasteiger charge is -2.24. The van der Waals surface area contributed by atoms with E-state index >= 15 is 0 Å². The lowest BCUT2D eigenvalue weighted by molar-refractivity contribution is -0.885. The van der Waals surface area contributed by atoms with Gasteiger partial charge in [-0.15, -0.1) is 11.3 Å². The lowest BCUT2D eigenvalue weighted by Crippen LogP contribution is -3.08. The van der Waals surface area contributed by atoms with E-state index < -0.39 is 0 Å². The molecule has 0 fully saturated rings. The first kappa shape index (κ1) is 17.6. The minimum Gasteiger partial charge on any atom is -0.332 e. The number of likely N-dealkylation sites (N-methyl/N-ethyl adjacent to an activating group) is 2. The van der Waals surface area contributed by atoms with Crippen molar-refractivity contribution >= 4 is 27.5 Å². The fourth-order valence-electron chi connectivity index (χ4n) is 2.84. The number of hydrogen-bond donors (Lipinski definition) is 1. The molecule has 4 nitrogen and oxygen atoms in total. The summed E-state index contributed by atoms with van der Waals surface area (Å²) in [5, 5.41) is 0.984. The van der Waals surface area contributed by atoms with Gasteiger partial charge in [-0.2, -0.15) is 0 Å². The molecular weight excluding hydrogens is 330 g/mol. The Morgan fingerprint density at radius 1 is 1.16 bits per heavy atom. The average molecular weight is 354 g/mol. The third kappa shape index (κ3) is 4.24. The smallest absolute Gasteiger partial charge is 0.278 e. The maximum atomic E-state index is 12.7. The van der Waals surface area contributed by atoms with Crippen LogP contribution < -0.4 is 4.90 Å². The Kier molecular flexibility index (Phi) is 5.46. The van der Waals surface area contributed by atoms with Gasteiger partial charge in [0.25, 0.3) is 5.91 Å². The normalized spacial score (nSPS) is 13.6. The second-order valence-corrected chi connectivity index (χ2v) is 7.56. The van der Waals surface area contributed by atoms with Gasteiger partial charge in [0.15, 0.2) is 6.54 Å². The number of amides is 1. The van der Waals surface area contributed by atoms with Crippen LogP contribution in [0.15, 0.2) is 54.6 Å². The van der Waals surface area contributed by atoms with Gasteiger partial charge >= 0.3 is 0 Å². The number of nitrogens with zero attached hydrogens (tertiary/aromatic N) is 2. The number of nitrogens with one attached hydrogen (secondary N) is 1. The fourth-order valence-corrected chi connectivity index (χ4v) is 3.90. The monoisotopic (exact) mass is 354 g/mol. The van der Waals surface area contributed by atoms with Crippen LogP contribution >= 0.6 is 11.3 Å². The Bertz CT molecular complexity index is 813. The molecule has 0 saturated heterocycles. The Morgan fingerprint density at radius 2 is 1.84 bits per heavy atom. The number of fused-ring (bicyclic) bond motifs is 1. The van der Waals surface area contributed by atoms with E-state index in [1.54, 1.807) is 11.3 Å². The van der Waals surface area contributed by atoms with Crippen LogP contribution in [0.5, 0.6) is 0 Å². The van der Waals surface area contributed by atoms with Crippen molar-refractivity contribution < 1.29 is 9.69 Å². The Hall–Kier alpha value is -2.24. The summed E-state index contributed by atoms with van der Waals surface area (Å²) >= 11 is 1.66. The van der Waals surface area contributed by atoms with Crippen molar-refractivity contribution in [1.82, 2.24) is 9.88 Å². The van der Waals surface area contributed by atoms with Crippen molar-refractivity contribution in [3.05, 3.63) is 65.2 Å². The van der Waals surface area contributed by atoms with Crippen LogP contribution in [0, 0.1) is 0 Å². The number of rotatable bonds is 6. The number of benzene rings is 2. The van der Waals surface area contributed by atoms with Crippen LogP contribution in [0.25, 0.3) is 10.2 Å². The third-order valence-corrected chi connectivity index (χ3v) is 5.65. The molecule has 0 aliphatic carbocycles. The van der Waals surface area contributed by atoms with E-state index in [9.17, 15) is 4.79 Å². The molecule has 3 rings (SSSR count). The molecule has 0 aliphatic rings. The number of thiazole rings is 1. The lowest BCUT2D eigenvalue weighted by atomic mass is 10.2. The quantitative estimate of drug-likeness (QED) is 0.739. The van der Waals surface area contributed by atoms with Gasteiger partial charge in [0.05, 0.1) is 23.3 Å². The maximum absolute atomic E-state index is 12.7. The highest BCUT2D eigenvalue weighted by molar-refractivity contribution is 7.18. The minimum atomic E-state index is -0.0191. The first-order chi connectivity index (χ1) is 12.0. The molecule has 25 heavy (non-hydrogen) atoms. The molecule has 1 aromatic heterocycles. The Balaban J connectivity index is 1.62. The number of hydrogen-bond acceptors (Lipinski definition) is 3. The molecule has 5 heteroatoms. The van der Waals surface area contributed by atoms with E-state index in [2.05, 4.69) is 30.2 Å². The summed E-state index contributed by atoms with van der Waals surface area (Å²) in [6, 6.07) is 18.4. The van der Waals surface area contributed by atoms with Crippen molar-refractivity contribution in [2.75, 3.05) is 20.6 Å². The minimum absolute atomic E-state index is 0.0191. The SMILES string of the molecule is C[C@@H](c1nc2ccccc2s1)N(C)C(=O)C[NH+](C)Cc1ccccc1. The predicted octanol–water partition coefficient (Wildman–Crippen LogP) is 2.53. The van der Waals surface area contributed by atoms with Gasteiger partial charge in [-0.25, -0.2) is 4.98 Å². The van der Waals surface area contributed by atoms with Crippen molar-refractivity contribution in [1.29, 1.82) is 0 Å². The number of para-hydroxylation sites is 1. The summed E-state index contributed by atoms with van der Waals surface area (Å²) in [7, 11) is 3.93. The van der Waals surface area contributed by atoms with Crippen molar-refractivity contribution in [2.24, 2.45) is 0 Å². The van der Waals surface area contributed by atoms with Crippen molar-refractivity contribution in [3.8, 4) is 0 Å². The van der Waals surface area contributed by atoms with Gasteiger partial charge in [-0.05, 0) is 19.1 Å². The van der Waals surface area contributed by atoms with Gasteiger partial charge in [0.1, 0.15) is 11.6 Å². The van der Waals surface area contributed by atoms with Gasteiger partial charge in [-0.3, -0.25) is 4.79 Å². The van der Waals surface area contributed by atoms with E-state index in [1.165, 1.54) is 10.5 Å². The number of aromatic nitrogens is 1. The topological polar surface area (TPSA) is 37.6 Å². The van der Waals surface area contributed by atoms with Crippen molar-refractivity contribution in [2.45, 2.75) is 19.5 Å². The zero-order chi connectivity index (χ0) is 17.8. The van der Waals surface area contributed by atoms with Crippen LogP contribution in [-0.4, -0.2) is 36.4 Å². The molecule has 1 N–H and O–H groups in total. The van der Waals surface area contributed by atoms with E-state index in [-0.39, 0.29) is 11.9 Å². The molecule has 0 saturated carbocycles. The molecule has 0 bridgehead atoms. The highest BCUT2D eigenvalue weighted by Crippen LogP contribution is 2.28. The van der Waals surface area contributed by atoms with Gasteiger partial charge in [0.2, 0.25) is 0 Å². The highest BCUT2D eigenvalue weighted by atomic mass is 32.1. The molecule has 2 aromatic carbocycles. The Morgan fingerprint density at radius 3 is 2.56 bits per heavy atom. The first-order valence-electron chi connectivity index (χ1n) is 8.51. The molecule has 2 atom stereocenters. The van der Waals surface area contributed by atoms with Crippen LogP contribution in [0.4, 0.5) is 0 Å². The largest absolute Gasteiger partial charge is 0.332 e. The summed E-state index contributed by atoms with van der Waals surface area (Å²) in [6.45, 7) is 3.36. The first-order valence-corrected chi connectivity index (χ1v) is 9.32. The van der Waals surface area contributed by atoms with Gasteiger partial charge in [-0.1, -0.05) is 42.5 Å². The number of carbonyl (C=O) groups excluding carboxylic acids is 1. The summed E-state index contributed by atoms with van der Waals surface area (Å²) < 4.78 is 1.16. The second kappa shape index (κ2) is 7.76.